The molecule has 0 aliphatic carbocycles. The summed E-state index contributed by atoms with van der Waals surface area (Å²) in [5.74, 6) is 0. The van der Waals surface area contributed by atoms with Gasteiger partial charge in [-0.1, -0.05) is 12.1 Å². The fourth-order valence-electron chi connectivity index (χ4n) is 2.46. The molecule has 1 fully saturated rings. The van der Waals surface area contributed by atoms with E-state index in [9.17, 15) is 4.79 Å². The standard InChI is InChI=1S/C15H20N4O.ClH/c1-12-4-3-5-14(13(12)2)18-8-10-19(11-9-18)15(20)17-7-6-16;/h3-5H,7-11H2,1-2H3,(H,17,20);1H. The zero-order valence-corrected chi connectivity index (χ0v) is 13.2. The number of hydrogen-bond donors (Lipinski definition) is 1. The van der Waals surface area contributed by atoms with E-state index in [4.69, 9.17) is 5.26 Å². The van der Waals surface area contributed by atoms with Crippen LogP contribution in [0, 0.1) is 25.2 Å². The molecule has 1 N–H and O–H groups in total. The number of aryl methyl sites for hydroxylation is 1. The van der Waals surface area contributed by atoms with Gasteiger partial charge >= 0.3 is 6.03 Å². The van der Waals surface area contributed by atoms with E-state index in [-0.39, 0.29) is 25.0 Å². The number of carbonyl (C=O) groups is 1. The van der Waals surface area contributed by atoms with Gasteiger partial charge in [-0.2, -0.15) is 5.26 Å². The Hall–Kier alpha value is -1.93. The van der Waals surface area contributed by atoms with Gasteiger partial charge in [0.2, 0.25) is 0 Å². The van der Waals surface area contributed by atoms with Gasteiger partial charge in [0.25, 0.3) is 0 Å². The summed E-state index contributed by atoms with van der Waals surface area (Å²) >= 11 is 0. The van der Waals surface area contributed by atoms with Gasteiger partial charge in [0.05, 0.1) is 6.07 Å². The zero-order valence-electron chi connectivity index (χ0n) is 12.4. The van der Waals surface area contributed by atoms with Crippen molar-refractivity contribution in [2.75, 3.05) is 37.6 Å². The molecule has 0 spiro atoms. The van der Waals surface area contributed by atoms with Gasteiger partial charge in [-0.3, -0.25) is 0 Å². The number of amides is 2. The summed E-state index contributed by atoms with van der Waals surface area (Å²) in [6.45, 7) is 7.33. The third-order valence-electron chi connectivity index (χ3n) is 3.80. The van der Waals surface area contributed by atoms with Crippen LogP contribution < -0.4 is 10.2 Å². The third kappa shape index (κ3) is 4.02. The Kier molecular flexibility index (Phi) is 6.32. The van der Waals surface area contributed by atoms with Crippen LogP contribution in [0.3, 0.4) is 0 Å². The molecule has 5 nitrogen and oxygen atoms in total. The van der Waals surface area contributed by atoms with Crippen molar-refractivity contribution in [1.29, 1.82) is 5.26 Å². The largest absolute Gasteiger partial charge is 0.368 e. The van der Waals surface area contributed by atoms with E-state index in [1.54, 1.807) is 4.90 Å². The Labute approximate surface area is 131 Å². The number of carbonyl (C=O) groups excluding carboxylic acids is 1. The highest BCUT2D eigenvalue weighted by molar-refractivity contribution is 5.85. The van der Waals surface area contributed by atoms with Crippen LogP contribution in [-0.4, -0.2) is 43.7 Å². The van der Waals surface area contributed by atoms with Crippen LogP contribution in [0.4, 0.5) is 10.5 Å². The van der Waals surface area contributed by atoms with Crippen LogP contribution >= 0.6 is 12.4 Å². The molecule has 2 rings (SSSR count). The molecule has 21 heavy (non-hydrogen) atoms. The maximum atomic E-state index is 11.8. The first-order valence-electron chi connectivity index (χ1n) is 6.84. The minimum absolute atomic E-state index is 0. The molecule has 0 atom stereocenters. The second-order valence-corrected chi connectivity index (χ2v) is 5.01. The Balaban J connectivity index is 0.00000220. The van der Waals surface area contributed by atoms with Crippen molar-refractivity contribution in [3.8, 4) is 6.07 Å². The average Bonchev–Trinajstić information content (AvgIpc) is 2.48. The molecule has 1 aromatic carbocycles. The van der Waals surface area contributed by atoms with Crippen molar-refractivity contribution in [2.24, 2.45) is 0 Å². The Morgan fingerprint density at radius 2 is 1.95 bits per heavy atom. The van der Waals surface area contributed by atoms with Crippen LogP contribution in [0.25, 0.3) is 0 Å². The summed E-state index contributed by atoms with van der Waals surface area (Å²) < 4.78 is 0. The fraction of sp³-hybridized carbons (Fsp3) is 0.467. The van der Waals surface area contributed by atoms with E-state index in [1.807, 2.05) is 6.07 Å². The summed E-state index contributed by atoms with van der Waals surface area (Å²) in [6.07, 6.45) is 0. The lowest BCUT2D eigenvalue weighted by molar-refractivity contribution is 0.195. The quantitative estimate of drug-likeness (QED) is 0.851. The van der Waals surface area contributed by atoms with Crippen LogP contribution in [0.15, 0.2) is 18.2 Å². The molecule has 0 aromatic heterocycles. The van der Waals surface area contributed by atoms with E-state index in [0.29, 0.717) is 13.1 Å². The molecule has 114 valence electrons. The van der Waals surface area contributed by atoms with E-state index < -0.39 is 0 Å². The lowest BCUT2D eigenvalue weighted by Crippen LogP contribution is -2.52. The summed E-state index contributed by atoms with van der Waals surface area (Å²) in [6, 6.07) is 8.09. The van der Waals surface area contributed by atoms with Gasteiger partial charge in [-0.25, -0.2) is 4.79 Å². The SMILES string of the molecule is Cc1cccc(N2CCN(C(=O)NCC#N)CC2)c1C.Cl. The van der Waals surface area contributed by atoms with Crippen LogP contribution in [0.1, 0.15) is 11.1 Å². The minimum atomic E-state index is -0.146. The van der Waals surface area contributed by atoms with Gasteiger partial charge < -0.3 is 15.1 Å². The Morgan fingerprint density at radius 3 is 2.57 bits per heavy atom. The number of anilines is 1. The molecule has 6 heteroatoms. The molecule has 0 saturated carbocycles. The summed E-state index contributed by atoms with van der Waals surface area (Å²) in [4.78, 5) is 15.8. The van der Waals surface area contributed by atoms with Gasteiger partial charge in [-0.05, 0) is 31.0 Å². The van der Waals surface area contributed by atoms with Crippen molar-refractivity contribution in [3.63, 3.8) is 0 Å². The number of hydrogen-bond acceptors (Lipinski definition) is 3. The molecule has 0 unspecified atom stereocenters. The van der Waals surface area contributed by atoms with Crippen LogP contribution in [-0.2, 0) is 0 Å². The molecule has 0 bridgehead atoms. The number of piperazine rings is 1. The van der Waals surface area contributed by atoms with Gasteiger partial charge in [-0.15, -0.1) is 12.4 Å². The molecule has 1 saturated heterocycles. The van der Waals surface area contributed by atoms with E-state index in [2.05, 4.69) is 42.3 Å². The highest BCUT2D eigenvalue weighted by Gasteiger charge is 2.21. The van der Waals surface area contributed by atoms with Gasteiger partial charge in [0, 0.05) is 31.9 Å². The second-order valence-electron chi connectivity index (χ2n) is 5.01. The van der Waals surface area contributed by atoms with Gasteiger partial charge in [0.15, 0.2) is 0 Å². The Bertz CT molecular complexity index is 533. The first-order chi connectivity index (χ1) is 9.63. The van der Waals surface area contributed by atoms with E-state index >= 15 is 0 Å². The third-order valence-corrected chi connectivity index (χ3v) is 3.80. The fourth-order valence-corrected chi connectivity index (χ4v) is 2.46. The lowest BCUT2D eigenvalue weighted by atomic mass is 10.1. The molecule has 2 amide bonds. The number of nitrogens with one attached hydrogen (secondary N) is 1. The number of nitriles is 1. The molecule has 0 radical (unpaired) electrons. The molecule has 1 aromatic rings. The number of benzene rings is 1. The van der Waals surface area contributed by atoms with E-state index in [0.717, 1.165) is 13.1 Å². The number of urea groups is 1. The molecular formula is C15H21ClN4O. The number of rotatable bonds is 2. The Morgan fingerprint density at radius 1 is 1.29 bits per heavy atom. The number of nitrogens with zero attached hydrogens (tertiary/aromatic N) is 3. The zero-order chi connectivity index (χ0) is 14.5. The summed E-state index contributed by atoms with van der Waals surface area (Å²) in [5, 5.41) is 11.1. The maximum Gasteiger partial charge on any atom is 0.318 e. The average molecular weight is 309 g/mol. The molecule has 1 aliphatic heterocycles. The van der Waals surface area contributed by atoms with Crippen molar-refractivity contribution < 1.29 is 4.79 Å². The predicted molar refractivity (Wildman–Crippen MR) is 86.0 cm³/mol. The lowest BCUT2D eigenvalue weighted by Gasteiger charge is -2.36. The normalized spacial score (nSPS) is 14.1. The van der Waals surface area contributed by atoms with Crippen molar-refractivity contribution in [1.82, 2.24) is 10.2 Å². The van der Waals surface area contributed by atoms with Crippen LogP contribution in [0.2, 0.25) is 0 Å². The number of halogens is 1. The molecule has 1 heterocycles. The minimum Gasteiger partial charge on any atom is -0.368 e. The van der Waals surface area contributed by atoms with Crippen molar-refractivity contribution in [2.45, 2.75) is 13.8 Å². The maximum absolute atomic E-state index is 11.8. The highest BCUT2D eigenvalue weighted by Crippen LogP contribution is 2.23. The predicted octanol–water partition coefficient (Wildman–Crippen LogP) is 2.08. The first-order valence-corrected chi connectivity index (χ1v) is 6.84. The van der Waals surface area contributed by atoms with Crippen molar-refractivity contribution in [3.05, 3.63) is 29.3 Å². The highest BCUT2D eigenvalue weighted by atomic mass is 35.5. The smallest absolute Gasteiger partial charge is 0.318 e. The van der Waals surface area contributed by atoms with Gasteiger partial charge in [0.1, 0.15) is 6.54 Å². The summed E-state index contributed by atoms with van der Waals surface area (Å²) in [7, 11) is 0. The monoisotopic (exact) mass is 308 g/mol. The molecular weight excluding hydrogens is 288 g/mol. The molecule has 1 aliphatic rings. The summed E-state index contributed by atoms with van der Waals surface area (Å²) in [5.41, 5.74) is 3.84. The first kappa shape index (κ1) is 17.1. The van der Waals surface area contributed by atoms with E-state index in [1.165, 1.54) is 16.8 Å². The van der Waals surface area contributed by atoms with Crippen molar-refractivity contribution >= 4 is 24.1 Å². The van der Waals surface area contributed by atoms with Crippen LogP contribution in [0.5, 0.6) is 0 Å². The second kappa shape index (κ2) is 7.75. The topological polar surface area (TPSA) is 59.4 Å².